The van der Waals surface area contributed by atoms with E-state index in [-0.39, 0.29) is 18.2 Å². The smallest absolute Gasteiger partial charge is 0.409 e. The molecule has 1 fully saturated rings. The largest absolute Gasteiger partial charge is 0.453 e. The molecule has 2 N–H and O–H groups in total. The highest BCUT2D eigenvalue weighted by molar-refractivity contribution is 5.77. The molecule has 0 saturated carbocycles. The molecule has 12 heteroatoms. The summed E-state index contributed by atoms with van der Waals surface area (Å²) in [5.74, 6) is 0.833. The highest BCUT2D eigenvalue weighted by Crippen LogP contribution is 2.29. The van der Waals surface area contributed by atoms with Gasteiger partial charge in [0.1, 0.15) is 5.39 Å². The average molecular weight is 557 g/mol. The van der Waals surface area contributed by atoms with Crippen LogP contribution in [0, 0.1) is 0 Å². The number of allylic oxidation sites excluding steroid dienone is 1. The SMILES string of the molecule is C=CCn1c(=O)c2cnc(Nc3ccc(N4CCN(C(=O)OC)CC4)cc3)nc2n1-c1ccc2c(n1)C(O)CCC2. The van der Waals surface area contributed by atoms with Crippen LogP contribution >= 0.6 is 0 Å². The van der Waals surface area contributed by atoms with Crippen molar-refractivity contribution >= 4 is 34.4 Å². The number of benzene rings is 1. The molecule has 4 heterocycles. The molecule has 3 aromatic heterocycles. The Morgan fingerprint density at radius 1 is 1.15 bits per heavy atom. The quantitative estimate of drug-likeness (QED) is 0.344. The lowest BCUT2D eigenvalue weighted by molar-refractivity contribution is 0.121. The number of pyridine rings is 1. The van der Waals surface area contributed by atoms with Crippen LogP contribution in [0.4, 0.5) is 22.1 Å². The number of amides is 1. The van der Waals surface area contributed by atoms with Crippen LogP contribution in [0.15, 0.2) is 60.0 Å². The van der Waals surface area contributed by atoms with Gasteiger partial charge in [0.15, 0.2) is 11.5 Å². The molecule has 212 valence electrons. The maximum absolute atomic E-state index is 13.3. The molecule has 1 saturated heterocycles. The molecule has 0 radical (unpaired) electrons. The number of aliphatic hydroxyl groups excluding tert-OH is 1. The lowest BCUT2D eigenvalue weighted by Crippen LogP contribution is -2.48. The molecule has 1 aromatic carbocycles. The van der Waals surface area contributed by atoms with Gasteiger partial charge in [-0.25, -0.2) is 24.1 Å². The normalized spacial score (nSPS) is 16.9. The first-order chi connectivity index (χ1) is 20.0. The zero-order valence-electron chi connectivity index (χ0n) is 22.9. The summed E-state index contributed by atoms with van der Waals surface area (Å²) in [5.41, 5.74) is 3.67. The van der Waals surface area contributed by atoms with Crippen LogP contribution in [0.25, 0.3) is 16.9 Å². The van der Waals surface area contributed by atoms with E-state index in [0.29, 0.717) is 61.1 Å². The number of piperazine rings is 1. The van der Waals surface area contributed by atoms with Crippen molar-refractivity contribution in [3.05, 3.63) is 76.9 Å². The molecule has 1 aliphatic carbocycles. The van der Waals surface area contributed by atoms with Gasteiger partial charge in [0, 0.05) is 43.8 Å². The number of nitrogens with one attached hydrogen (secondary N) is 1. The second-order valence-corrected chi connectivity index (χ2v) is 10.2. The van der Waals surface area contributed by atoms with E-state index in [0.717, 1.165) is 29.8 Å². The first kappa shape index (κ1) is 26.5. The van der Waals surface area contributed by atoms with Crippen molar-refractivity contribution in [1.82, 2.24) is 29.2 Å². The van der Waals surface area contributed by atoms with Crippen LogP contribution in [0.3, 0.4) is 0 Å². The second-order valence-electron chi connectivity index (χ2n) is 10.2. The minimum Gasteiger partial charge on any atom is -0.453 e. The molecule has 1 amide bonds. The molecular formula is C29H32N8O4. The third-order valence-electron chi connectivity index (χ3n) is 7.63. The van der Waals surface area contributed by atoms with Crippen LogP contribution in [-0.4, -0.2) is 73.7 Å². The van der Waals surface area contributed by atoms with E-state index < -0.39 is 6.10 Å². The van der Waals surface area contributed by atoms with Gasteiger partial charge in [0.05, 0.1) is 25.5 Å². The van der Waals surface area contributed by atoms with Crippen molar-refractivity contribution in [3.8, 4) is 5.82 Å². The number of hydrogen-bond donors (Lipinski definition) is 2. The fourth-order valence-corrected chi connectivity index (χ4v) is 5.50. The summed E-state index contributed by atoms with van der Waals surface area (Å²) in [7, 11) is 1.40. The summed E-state index contributed by atoms with van der Waals surface area (Å²) in [6, 6.07) is 11.7. The van der Waals surface area contributed by atoms with E-state index in [1.807, 2.05) is 36.4 Å². The highest BCUT2D eigenvalue weighted by Gasteiger charge is 2.24. The predicted octanol–water partition coefficient (Wildman–Crippen LogP) is 3.16. The van der Waals surface area contributed by atoms with E-state index in [1.54, 1.807) is 15.7 Å². The van der Waals surface area contributed by atoms with Crippen molar-refractivity contribution < 1.29 is 14.6 Å². The van der Waals surface area contributed by atoms with Gasteiger partial charge in [-0.15, -0.1) is 6.58 Å². The number of anilines is 3. The molecule has 0 bridgehead atoms. The van der Waals surface area contributed by atoms with Gasteiger partial charge in [-0.05, 0) is 55.2 Å². The summed E-state index contributed by atoms with van der Waals surface area (Å²) in [6.07, 6.45) is 4.67. The van der Waals surface area contributed by atoms with Crippen LogP contribution < -0.4 is 15.8 Å². The van der Waals surface area contributed by atoms with Crippen LogP contribution in [-0.2, 0) is 17.7 Å². The van der Waals surface area contributed by atoms with E-state index >= 15 is 0 Å². The molecule has 1 atom stereocenters. The maximum atomic E-state index is 13.3. The van der Waals surface area contributed by atoms with Crippen molar-refractivity contribution in [1.29, 1.82) is 0 Å². The summed E-state index contributed by atoms with van der Waals surface area (Å²) < 4.78 is 8.01. The molecule has 2 aliphatic rings. The van der Waals surface area contributed by atoms with E-state index in [1.165, 1.54) is 18.0 Å². The molecule has 41 heavy (non-hydrogen) atoms. The number of nitrogens with zero attached hydrogens (tertiary/aromatic N) is 7. The lowest BCUT2D eigenvalue weighted by atomic mass is 9.94. The zero-order valence-corrected chi connectivity index (χ0v) is 22.9. The molecule has 0 spiro atoms. The van der Waals surface area contributed by atoms with Crippen molar-refractivity contribution in [3.63, 3.8) is 0 Å². The summed E-state index contributed by atoms with van der Waals surface area (Å²) in [6.45, 7) is 6.70. The van der Waals surface area contributed by atoms with Gasteiger partial charge in [-0.1, -0.05) is 12.1 Å². The predicted molar refractivity (Wildman–Crippen MR) is 155 cm³/mol. The number of carbonyl (C=O) groups is 1. The summed E-state index contributed by atoms with van der Waals surface area (Å²) in [4.78, 5) is 42.8. The monoisotopic (exact) mass is 556 g/mol. The number of hydrogen-bond acceptors (Lipinski definition) is 9. The number of rotatable bonds is 6. The first-order valence-corrected chi connectivity index (χ1v) is 13.7. The Hall–Kier alpha value is -4.71. The summed E-state index contributed by atoms with van der Waals surface area (Å²) >= 11 is 0. The third kappa shape index (κ3) is 5.02. The molecule has 1 aliphatic heterocycles. The van der Waals surface area contributed by atoms with Crippen molar-refractivity contribution in [2.24, 2.45) is 0 Å². The standard InChI is InChI=1S/C29H32N8O4/c1-3-13-36-27(39)22-18-30-28(33-26(22)37(36)24-12-7-19-5-4-6-23(38)25(19)32-24)31-20-8-10-21(11-9-20)34-14-16-35(17-15-34)29(40)41-2/h3,7-12,18,23,38H,1,4-6,13-17H2,2H3,(H,30,31,33). The van der Waals surface area contributed by atoms with Crippen LogP contribution in [0.2, 0.25) is 0 Å². The number of methoxy groups -OCH3 is 1. The Bertz CT molecular complexity index is 1650. The summed E-state index contributed by atoms with van der Waals surface area (Å²) in [5, 5.41) is 14.2. The van der Waals surface area contributed by atoms with Gasteiger partial charge >= 0.3 is 6.09 Å². The Kier molecular flexibility index (Phi) is 7.14. The minimum atomic E-state index is -0.633. The topological polar surface area (TPSA) is 131 Å². The van der Waals surface area contributed by atoms with Gasteiger partial charge < -0.3 is 25.0 Å². The maximum Gasteiger partial charge on any atom is 0.409 e. The van der Waals surface area contributed by atoms with Crippen LogP contribution in [0.1, 0.15) is 30.2 Å². The zero-order chi connectivity index (χ0) is 28.5. The fourth-order valence-electron chi connectivity index (χ4n) is 5.50. The number of ether oxygens (including phenoxy) is 1. The van der Waals surface area contributed by atoms with Gasteiger partial charge in [0.2, 0.25) is 5.95 Å². The third-order valence-corrected chi connectivity index (χ3v) is 7.63. The average Bonchev–Trinajstić information content (AvgIpc) is 3.28. The Morgan fingerprint density at radius 2 is 1.93 bits per heavy atom. The Balaban J connectivity index is 1.28. The number of fused-ring (bicyclic) bond motifs is 2. The van der Waals surface area contributed by atoms with Gasteiger partial charge in [-0.2, -0.15) is 4.98 Å². The number of aryl methyl sites for hydroxylation is 1. The Labute approximate surface area is 236 Å². The van der Waals surface area contributed by atoms with E-state index in [2.05, 4.69) is 21.8 Å². The van der Waals surface area contributed by atoms with Gasteiger partial charge in [-0.3, -0.25) is 4.79 Å². The first-order valence-electron chi connectivity index (χ1n) is 13.7. The molecule has 4 aromatic rings. The Morgan fingerprint density at radius 3 is 2.66 bits per heavy atom. The number of aromatic nitrogens is 5. The number of carbonyl (C=O) groups excluding carboxylic acids is 1. The molecule has 1 unspecified atom stereocenters. The molecule has 6 rings (SSSR count). The molecular weight excluding hydrogens is 524 g/mol. The van der Waals surface area contributed by atoms with Crippen molar-refractivity contribution in [2.45, 2.75) is 31.9 Å². The lowest BCUT2D eigenvalue weighted by Gasteiger charge is -2.35. The fraction of sp³-hybridized carbons (Fsp3) is 0.345. The van der Waals surface area contributed by atoms with E-state index in [4.69, 9.17) is 14.7 Å². The van der Waals surface area contributed by atoms with Gasteiger partial charge in [0.25, 0.3) is 5.56 Å². The molecule has 12 nitrogen and oxygen atoms in total. The second kappa shape index (κ2) is 11.0. The minimum absolute atomic E-state index is 0.247. The highest BCUT2D eigenvalue weighted by atomic mass is 16.5. The van der Waals surface area contributed by atoms with E-state index in [9.17, 15) is 14.7 Å². The number of aliphatic hydroxyl groups is 1. The van der Waals surface area contributed by atoms with Crippen LogP contribution in [0.5, 0.6) is 0 Å². The van der Waals surface area contributed by atoms with Crippen molar-refractivity contribution in [2.75, 3.05) is 43.5 Å².